The number of benzene rings is 1. The van der Waals surface area contributed by atoms with E-state index >= 15 is 0 Å². The Morgan fingerprint density at radius 1 is 1.36 bits per heavy atom. The maximum absolute atomic E-state index is 9.55. The molecule has 0 amide bonds. The van der Waals surface area contributed by atoms with Crippen molar-refractivity contribution < 1.29 is 5.11 Å². The Morgan fingerprint density at radius 2 is 2.07 bits per heavy atom. The highest BCUT2D eigenvalue weighted by atomic mass is 79.9. The summed E-state index contributed by atoms with van der Waals surface area (Å²) in [6.07, 6.45) is 2.00. The summed E-state index contributed by atoms with van der Waals surface area (Å²) < 4.78 is 1.01. The average molecular weight is 257 g/mol. The van der Waals surface area contributed by atoms with E-state index in [2.05, 4.69) is 15.9 Å². The molecule has 1 aliphatic carbocycles. The molecule has 0 saturated heterocycles. The molecule has 0 spiro atoms. The zero-order chi connectivity index (χ0) is 10.3. The summed E-state index contributed by atoms with van der Waals surface area (Å²) in [7, 11) is 0. The van der Waals surface area contributed by atoms with Crippen molar-refractivity contribution >= 4 is 27.3 Å². The van der Waals surface area contributed by atoms with Gasteiger partial charge in [0.2, 0.25) is 0 Å². The first-order valence-corrected chi connectivity index (χ1v) is 5.42. The second-order valence-corrected chi connectivity index (χ2v) is 4.57. The van der Waals surface area contributed by atoms with E-state index < -0.39 is 0 Å². The number of fused-ring (bicyclic) bond motifs is 1. The van der Waals surface area contributed by atoms with Crippen molar-refractivity contribution in [2.75, 3.05) is 11.5 Å². The molecule has 1 aromatic carbocycles. The zero-order valence-corrected chi connectivity index (χ0v) is 9.34. The minimum absolute atomic E-state index is 0.279. The number of nitrogen functional groups attached to an aromatic ring is 2. The molecule has 0 fully saturated rings. The van der Waals surface area contributed by atoms with E-state index in [9.17, 15) is 5.11 Å². The molecule has 0 aliphatic heterocycles. The van der Waals surface area contributed by atoms with Gasteiger partial charge in [-0.15, -0.1) is 0 Å². The van der Waals surface area contributed by atoms with Gasteiger partial charge in [0.05, 0.1) is 17.5 Å². The van der Waals surface area contributed by atoms with Crippen molar-refractivity contribution in [1.82, 2.24) is 0 Å². The van der Waals surface area contributed by atoms with Crippen LogP contribution in [-0.4, -0.2) is 11.2 Å². The van der Waals surface area contributed by atoms with Crippen LogP contribution in [0, 0.1) is 0 Å². The topological polar surface area (TPSA) is 72.3 Å². The Bertz CT molecular complexity index is 379. The van der Waals surface area contributed by atoms with Gasteiger partial charge in [-0.25, -0.2) is 0 Å². The standard InChI is InChI=1S/C10H13BrN2O/c11-8-4-9(12)10(13)7-3-5(14)1-2-6(7)8/h4-5,14H,1-3,12-13H2. The number of nitrogens with two attached hydrogens (primary N) is 2. The summed E-state index contributed by atoms with van der Waals surface area (Å²) >= 11 is 3.47. The van der Waals surface area contributed by atoms with Crippen LogP contribution in [0.1, 0.15) is 17.5 Å². The first-order chi connectivity index (χ1) is 6.59. The Kier molecular flexibility index (Phi) is 2.41. The lowest BCUT2D eigenvalue weighted by molar-refractivity contribution is 0.158. The van der Waals surface area contributed by atoms with Gasteiger partial charge in [0.25, 0.3) is 0 Å². The van der Waals surface area contributed by atoms with Crippen LogP contribution in [0.15, 0.2) is 10.5 Å². The molecule has 0 aromatic heterocycles. The molecule has 0 radical (unpaired) electrons. The van der Waals surface area contributed by atoms with Crippen molar-refractivity contribution in [3.05, 3.63) is 21.7 Å². The highest BCUT2D eigenvalue weighted by Crippen LogP contribution is 2.35. The number of hydrogen-bond acceptors (Lipinski definition) is 3. The molecular weight excluding hydrogens is 244 g/mol. The molecular formula is C10H13BrN2O. The quantitative estimate of drug-likeness (QED) is 0.616. The van der Waals surface area contributed by atoms with Crippen LogP contribution in [0.5, 0.6) is 0 Å². The normalized spacial score (nSPS) is 20.6. The van der Waals surface area contributed by atoms with Crippen molar-refractivity contribution in [3.63, 3.8) is 0 Å². The summed E-state index contributed by atoms with van der Waals surface area (Å²) in [5.41, 5.74) is 15.1. The first-order valence-electron chi connectivity index (χ1n) is 4.63. The fourth-order valence-corrected chi connectivity index (χ4v) is 2.62. The van der Waals surface area contributed by atoms with Gasteiger partial charge in [0.1, 0.15) is 0 Å². The highest BCUT2D eigenvalue weighted by Gasteiger charge is 2.21. The van der Waals surface area contributed by atoms with Gasteiger partial charge in [-0.2, -0.15) is 0 Å². The molecule has 1 unspecified atom stereocenters. The second-order valence-electron chi connectivity index (χ2n) is 3.72. The van der Waals surface area contributed by atoms with Crippen LogP contribution in [0.2, 0.25) is 0 Å². The maximum atomic E-state index is 9.55. The van der Waals surface area contributed by atoms with E-state index in [1.54, 1.807) is 0 Å². The van der Waals surface area contributed by atoms with Crippen molar-refractivity contribution in [3.8, 4) is 0 Å². The van der Waals surface area contributed by atoms with Crippen LogP contribution in [0.4, 0.5) is 11.4 Å². The van der Waals surface area contributed by atoms with E-state index in [-0.39, 0.29) is 6.10 Å². The Morgan fingerprint density at radius 3 is 2.79 bits per heavy atom. The van der Waals surface area contributed by atoms with Crippen LogP contribution in [0.3, 0.4) is 0 Å². The van der Waals surface area contributed by atoms with Crippen LogP contribution in [0.25, 0.3) is 0 Å². The Balaban J connectivity index is 2.57. The molecule has 0 saturated carbocycles. The second kappa shape index (κ2) is 3.44. The number of aliphatic hydroxyl groups excluding tert-OH is 1. The van der Waals surface area contributed by atoms with Gasteiger partial charge in [0.15, 0.2) is 0 Å². The minimum atomic E-state index is -0.279. The van der Waals surface area contributed by atoms with Gasteiger partial charge in [-0.3, -0.25) is 0 Å². The van der Waals surface area contributed by atoms with Crippen LogP contribution < -0.4 is 11.5 Å². The van der Waals surface area contributed by atoms with Crippen molar-refractivity contribution in [2.45, 2.75) is 25.4 Å². The third-order valence-corrected chi connectivity index (χ3v) is 3.45. The summed E-state index contributed by atoms with van der Waals surface area (Å²) in [5, 5.41) is 9.55. The summed E-state index contributed by atoms with van der Waals surface area (Å²) in [6, 6.07) is 1.84. The van der Waals surface area contributed by atoms with Crippen LogP contribution in [-0.2, 0) is 12.8 Å². The molecule has 3 nitrogen and oxygen atoms in total. The smallest absolute Gasteiger partial charge is 0.0584 e. The van der Waals surface area contributed by atoms with E-state index in [0.717, 1.165) is 22.9 Å². The Labute approximate surface area is 91.2 Å². The van der Waals surface area contributed by atoms with Gasteiger partial charge in [-0.1, -0.05) is 15.9 Å². The fourth-order valence-electron chi connectivity index (χ4n) is 1.93. The lowest BCUT2D eigenvalue weighted by atomic mass is 9.88. The molecule has 0 heterocycles. The lowest BCUT2D eigenvalue weighted by Crippen LogP contribution is -2.21. The third kappa shape index (κ3) is 1.48. The predicted octanol–water partition coefficient (Wildman–Crippen LogP) is 1.46. The molecule has 5 N–H and O–H groups in total. The number of anilines is 2. The monoisotopic (exact) mass is 256 g/mol. The van der Waals surface area contributed by atoms with E-state index in [1.165, 1.54) is 5.56 Å². The maximum Gasteiger partial charge on any atom is 0.0584 e. The molecule has 0 bridgehead atoms. The van der Waals surface area contributed by atoms with E-state index in [0.29, 0.717) is 17.8 Å². The third-order valence-electron chi connectivity index (χ3n) is 2.74. The van der Waals surface area contributed by atoms with E-state index in [4.69, 9.17) is 11.5 Å². The van der Waals surface area contributed by atoms with Crippen molar-refractivity contribution in [1.29, 1.82) is 0 Å². The number of rotatable bonds is 0. The SMILES string of the molecule is Nc1cc(Br)c2c(c1N)CC(O)CC2. The van der Waals surface area contributed by atoms with E-state index in [1.807, 2.05) is 6.07 Å². The molecule has 1 aliphatic rings. The summed E-state index contributed by atoms with van der Waals surface area (Å²) in [6.45, 7) is 0. The average Bonchev–Trinajstić information content (AvgIpc) is 2.14. The first kappa shape index (κ1) is 9.80. The number of hydrogen-bond donors (Lipinski definition) is 3. The summed E-state index contributed by atoms with van der Waals surface area (Å²) in [5.74, 6) is 0. The largest absolute Gasteiger partial charge is 0.397 e. The molecule has 1 atom stereocenters. The molecule has 2 rings (SSSR count). The Hall–Kier alpha value is -0.740. The molecule has 76 valence electrons. The van der Waals surface area contributed by atoms with Crippen LogP contribution >= 0.6 is 15.9 Å². The molecule has 14 heavy (non-hydrogen) atoms. The number of aliphatic hydroxyl groups is 1. The summed E-state index contributed by atoms with van der Waals surface area (Å²) in [4.78, 5) is 0. The van der Waals surface area contributed by atoms with Crippen molar-refractivity contribution in [2.24, 2.45) is 0 Å². The molecule has 1 aromatic rings. The van der Waals surface area contributed by atoms with Gasteiger partial charge in [0, 0.05) is 10.9 Å². The zero-order valence-electron chi connectivity index (χ0n) is 7.76. The van der Waals surface area contributed by atoms with Gasteiger partial charge < -0.3 is 16.6 Å². The number of halogens is 1. The predicted molar refractivity (Wildman–Crippen MR) is 61.0 cm³/mol. The fraction of sp³-hybridized carbons (Fsp3) is 0.400. The highest BCUT2D eigenvalue weighted by molar-refractivity contribution is 9.10. The van der Waals surface area contributed by atoms with Gasteiger partial charge in [-0.05, 0) is 30.0 Å². The minimum Gasteiger partial charge on any atom is -0.397 e. The molecule has 4 heteroatoms. The van der Waals surface area contributed by atoms with Gasteiger partial charge >= 0.3 is 0 Å². The lowest BCUT2D eigenvalue weighted by Gasteiger charge is -2.24.